The Morgan fingerprint density at radius 1 is 1.21 bits per heavy atom. The molecule has 12 nitrogen and oxygen atoms in total. The number of morpholine rings is 1. The number of anilines is 1. The number of carbonyl (C=O) groups excluding carboxylic acids is 2. The van der Waals surface area contributed by atoms with Crippen LogP contribution in [0.3, 0.4) is 0 Å². The molecule has 3 aromatic rings. The molecule has 0 unspecified atom stereocenters. The van der Waals surface area contributed by atoms with E-state index in [0.29, 0.717) is 54.5 Å². The molecule has 1 aliphatic rings. The summed E-state index contributed by atoms with van der Waals surface area (Å²) in [7, 11) is 0. The Labute approximate surface area is 221 Å². The van der Waals surface area contributed by atoms with Crippen molar-refractivity contribution >= 4 is 28.8 Å². The van der Waals surface area contributed by atoms with Crippen LogP contribution in [0.5, 0.6) is 5.75 Å². The lowest BCUT2D eigenvalue weighted by Gasteiger charge is -2.26. The topological polar surface area (TPSA) is 164 Å². The average molecular weight is 526 g/mol. The van der Waals surface area contributed by atoms with E-state index in [2.05, 4.69) is 20.2 Å². The number of rotatable bonds is 12. The Balaban J connectivity index is 1.66. The van der Waals surface area contributed by atoms with Crippen molar-refractivity contribution in [2.45, 2.75) is 33.2 Å². The average Bonchev–Trinajstić information content (AvgIpc) is 3.46. The van der Waals surface area contributed by atoms with Crippen LogP contribution in [-0.4, -0.2) is 77.2 Å². The molecule has 38 heavy (non-hydrogen) atoms. The third-order valence-electron chi connectivity index (χ3n) is 6.23. The first kappa shape index (κ1) is 27.3. The van der Waals surface area contributed by atoms with Gasteiger partial charge in [-0.05, 0) is 25.0 Å². The summed E-state index contributed by atoms with van der Waals surface area (Å²) in [5.41, 5.74) is 13.2. The minimum atomic E-state index is -0.599. The summed E-state index contributed by atoms with van der Waals surface area (Å²) in [5.74, 6) is 0.200. The number of nitrogens with one attached hydrogen (secondary N) is 1. The molecule has 1 fully saturated rings. The molecule has 2 aromatic heterocycles. The van der Waals surface area contributed by atoms with E-state index < -0.39 is 11.8 Å². The van der Waals surface area contributed by atoms with Gasteiger partial charge >= 0.3 is 0 Å². The van der Waals surface area contributed by atoms with Crippen molar-refractivity contribution in [2.24, 2.45) is 11.5 Å². The van der Waals surface area contributed by atoms with Crippen LogP contribution in [0.1, 0.15) is 45.8 Å². The molecule has 0 radical (unpaired) electrons. The standard InChI is InChI=1S/C26H35N7O5/c1-3-19-23(38-17(2)29-19)25(35)31-26-30-20-15-18(24(28)34)16-21(22(20)33(26)9-5-4-7-27)37-12-6-8-32-10-13-36-14-11-32/h4-5,15-16H,3,6-14,27H2,1-2H3,(H2,28,34)(H,30,31,35)/b5-4+. The second-order valence-corrected chi connectivity index (χ2v) is 8.93. The fourth-order valence-corrected chi connectivity index (χ4v) is 4.37. The number of benzene rings is 1. The molecule has 0 aliphatic carbocycles. The van der Waals surface area contributed by atoms with Crippen LogP contribution in [0.25, 0.3) is 11.0 Å². The van der Waals surface area contributed by atoms with E-state index in [0.717, 1.165) is 39.3 Å². The summed E-state index contributed by atoms with van der Waals surface area (Å²) in [6.45, 7) is 8.88. The molecular weight excluding hydrogens is 490 g/mol. The number of imidazole rings is 1. The summed E-state index contributed by atoms with van der Waals surface area (Å²) in [6, 6.07) is 3.21. The predicted molar refractivity (Wildman–Crippen MR) is 142 cm³/mol. The van der Waals surface area contributed by atoms with E-state index >= 15 is 0 Å². The Hall–Kier alpha value is -3.74. The normalized spacial score (nSPS) is 14.4. The number of hydrogen-bond acceptors (Lipinski definition) is 9. The first-order chi connectivity index (χ1) is 18.4. The first-order valence-electron chi connectivity index (χ1n) is 12.8. The Morgan fingerprint density at radius 3 is 2.71 bits per heavy atom. The number of carbonyl (C=O) groups is 2. The number of allylic oxidation sites excluding steroid dienone is 1. The van der Waals surface area contributed by atoms with Crippen LogP contribution >= 0.6 is 0 Å². The number of amides is 2. The molecule has 3 heterocycles. The zero-order valence-corrected chi connectivity index (χ0v) is 21.9. The van der Waals surface area contributed by atoms with Crippen molar-refractivity contribution in [1.29, 1.82) is 0 Å². The van der Waals surface area contributed by atoms with Crippen molar-refractivity contribution in [3.05, 3.63) is 47.2 Å². The fraction of sp³-hybridized carbons (Fsp3) is 0.462. The Kier molecular flexibility index (Phi) is 9.10. The molecule has 4 rings (SSSR count). The highest BCUT2D eigenvalue weighted by Crippen LogP contribution is 2.31. The highest BCUT2D eigenvalue weighted by molar-refractivity contribution is 6.04. The minimum absolute atomic E-state index is 0.138. The van der Waals surface area contributed by atoms with Crippen LogP contribution in [0.4, 0.5) is 5.95 Å². The van der Waals surface area contributed by atoms with E-state index in [1.54, 1.807) is 23.6 Å². The number of nitrogens with two attached hydrogens (primary N) is 2. The highest BCUT2D eigenvalue weighted by atomic mass is 16.5. The number of ether oxygens (including phenoxy) is 2. The Bertz CT molecular complexity index is 1310. The predicted octanol–water partition coefficient (Wildman–Crippen LogP) is 1.86. The monoisotopic (exact) mass is 525 g/mol. The van der Waals surface area contributed by atoms with Gasteiger partial charge in [0.1, 0.15) is 11.3 Å². The zero-order valence-electron chi connectivity index (χ0n) is 21.9. The van der Waals surface area contributed by atoms with Gasteiger partial charge in [-0.1, -0.05) is 19.1 Å². The van der Waals surface area contributed by atoms with E-state index in [-0.39, 0.29) is 17.3 Å². The van der Waals surface area contributed by atoms with Gasteiger partial charge in [-0.3, -0.25) is 19.8 Å². The summed E-state index contributed by atoms with van der Waals surface area (Å²) in [4.78, 5) is 36.4. The molecule has 1 aliphatic heterocycles. The lowest BCUT2D eigenvalue weighted by molar-refractivity contribution is 0.0358. The van der Waals surface area contributed by atoms with Crippen LogP contribution in [0.2, 0.25) is 0 Å². The van der Waals surface area contributed by atoms with Crippen molar-refractivity contribution in [3.8, 4) is 5.75 Å². The number of primary amides is 1. The van der Waals surface area contributed by atoms with Crippen LogP contribution < -0.4 is 21.5 Å². The summed E-state index contributed by atoms with van der Waals surface area (Å²) in [5, 5.41) is 2.84. The maximum Gasteiger partial charge on any atom is 0.295 e. The van der Waals surface area contributed by atoms with E-state index in [1.807, 2.05) is 19.1 Å². The summed E-state index contributed by atoms with van der Waals surface area (Å²) < 4.78 is 18.9. The van der Waals surface area contributed by atoms with Gasteiger partial charge in [-0.25, -0.2) is 9.97 Å². The van der Waals surface area contributed by atoms with E-state index in [9.17, 15) is 9.59 Å². The maximum atomic E-state index is 13.1. The molecule has 12 heteroatoms. The zero-order chi connectivity index (χ0) is 27.1. The van der Waals surface area contributed by atoms with E-state index in [1.165, 1.54) is 0 Å². The van der Waals surface area contributed by atoms with Crippen LogP contribution in [0, 0.1) is 6.92 Å². The third kappa shape index (κ3) is 6.39. The van der Waals surface area contributed by atoms with Gasteiger partial charge in [0, 0.05) is 45.2 Å². The van der Waals surface area contributed by atoms with Gasteiger partial charge in [0.2, 0.25) is 17.6 Å². The summed E-state index contributed by atoms with van der Waals surface area (Å²) in [6.07, 6.45) is 5.02. The van der Waals surface area contributed by atoms with Gasteiger partial charge in [0.15, 0.2) is 5.89 Å². The maximum absolute atomic E-state index is 13.1. The first-order valence-corrected chi connectivity index (χ1v) is 12.8. The number of aromatic nitrogens is 3. The van der Waals surface area contributed by atoms with Gasteiger partial charge in [-0.2, -0.15) is 0 Å². The lowest BCUT2D eigenvalue weighted by Crippen LogP contribution is -2.37. The van der Waals surface area contributed by atoms with Crippen molar-refractivity contribution in [2.75, 3.05) is 51.3 Å². The van der Waals surface area contributed by atoms with Crippen molar-refractivity contribution in [3.63, 3.8) is 0 Å². The molecule has 0 saturated carbocycles. The van der Waals surface area contributed by atoms with Crippen LogP contribution in [-0.2, 0) is 17.7 Å². The minimum Gasteiger partial charge on any atom is -0.491 e. The number of aryl methyl sites for hydroxylation is 2. The van der Waals surface area contributed by atoms with Crippen molar-refractivity contribution < 1.29 is 23.5 Å². The van der Waals surface area contributed by atoms with Gasteiger partial charge in [-0.15, -0.1) is 0 Å². The Morgan fingerprint density at radius 2 is 2.00 bits per heavy atom. The quantitative estimate of drug-likeness (QED) is 0.236. The SMILES string of the molecule is CCc1nc(C)oc1C(=O)Nc1nc2cc(C(N)=O)cc(OCCCN3CCOCC3)c2n1C/C=C/CN. The number of nitrogens with zero attached hydrogens (tertiary/aromatic N) is 4. The molecule has 1 saturated heterocycles. The molecule has 204 valence electrons. The molecule has 2 amide bonds. The second kappa shape index (κ2) is 12.7. The smallest absolute Gasteiger partial charge is 0.295 e. The number of hydrogen-bond donors (Lipinski definition) is 3. The lowest BCUT2D eigenvalue weighted by atomic mass is 10.1. The summed E-state index contributed by atoms with van der Waals surface area (Å²) >= 11 is 0. The third-order valence-corrected chi connectivity index (χ3v) is 6.23. The second-order valence-electron chi connectivity index (χ2n) is 8.93. The van der Waals surface area contributed by atoms with Crippen LogP contribution in [0.15, 0.2) is 28.7 Å². The van der Waals surface area contributed by atoms with E-state index in [4.69, 9.17) is 25.4 Å². The van der Waals surface area contributed by atoms with Gasteiger partial charge in [0.25, 0.3) is 5.91 Å². The number of oxazole rings is 1. The molecule has 0 bridgehead atoms. The molecular formula is C26H35N7O5. The number of fused-ring (bicyclic) bond motifs is 1. The molecule has 0 atom stereocenters. The molecule has 0 spiro atoms. The highest BCUT2D eigenvalue weighted by Gasteiger charge is 2.23. The fourth-order valence-electron chi connectivity index (χ4n) is 4.37. The van der Waals surface area contributed by atoms with Gasteiger partial charge in [0.05, 0.1) is 31.0 Å². The van der Waals surface area contributed by atoms with Gasteiger partial charge < -0.3 is 29.9 Å². The largest absolute Gasteiger partial charge is 0.491 e. The van der Waals surface area contributed by atoms with Crippen molar-refractivity contribution in [1.82, 2.24) is 19.4 Å². The molecule has 5 N–H and O–H groups in total. The molecule has 1 aromatic carbocycles.